The molecule has 3 rings (SSSR count). The van der Waals surface area contributed by atoms with Crippen LogP contribution < -0.4 is 5.32 Å². The number of allylic oxidation sites excluding steroid dienone is 5. The van der Waals surface area contributed by atoms with E-state index in [1.54, 1.807) is 13.2 Å². The molecule has 2 unspecified atom stereocenters. The van der Waals surface area contributed by atoms with Crippen molar-refractivity contribution in [3.05, 3.63) is 35.6 Å². The van der Waals surface area contributed by atoms with Crippen molar-refractivity contribution in [2.24, 2.45) is 11.8 Å². The maximum absolute atomic E-state index is 13.0. The predicted molar refractivity (Wildman–Crippen MR) is 72.9 cm³/mol. The Bertz CT molecular complexity index is 382. The molecule has 0 fully saturated rings. The molecule has 3 aliphatic carbocycles. The smallest absolute Gasteiger partial charge is 0.168 e. The number of Topliss-reactive ketones (excluding diaryl/α,β-unsaturated/α-hetero) is 1. The summed E-state index contributed by atoms with van der Waals surface area (Å²) in [6, 6.07) is 0. The molecule has 0 radical (unpaired) electrons. The van der Waals surface area contributed by atoms with E-state index in [0.29, 0.717) is 5.57 Å². The van der Waals surface area contributed by atoms with Gasteiger partial charge in [-0.1, -0.05) is 26.0 Å². The largest absolute Gasteiger partial charge is 0.394 e. The van der Waals surface area contributed by atoms with Crippen LogP contribution in [0.2, 0.25) is 0 Å². The van der Waals surface area contributed by atoms with Crippen LogP contribution in [0.15, 0.2) is 35.6 Å². The molecule has 0 heterocycles. The Labute approximate surface area is 109 Å². The van der Waals surface area contributed by atoms with Crippen molar-refractivity contribution in [3.63, 3.8) is 0 Å². The topological polar surface area (TPSA) is 29.1 Å². The number of nitrogens with one attached hydrogen (secondary N) is 1. The third-order valence-corrected chi connectivity index (χ3v) is 3.31. The van der Waals surface area contributed by atoms with Crippen LogP contribution in [0, 0.1) is 11.8 Å². The van der Waals surface area contributed by atoms with Crippen molar-refractivity contribution in [3.8, 4) is 0 Å². The molecule has 0 aromatic rings. The van der Waals surface area contributed by atoms with Crippen molar-refractivity contribution < 1.29 is 9.18 Å². The first-order chi connectivity index (χ1) is 8.77. The SMILES string of the molecule is CC.CN/C=C\C1=C(CF)C(=O)C2C=CC1CC2. The van der Waals surface area contributed by atoms with Gasteiger partial charge in [-0.2, -0.15) is 0 Å². The fourth-order valence-corrected chi connectivity index (χ4v) is 2.43. The molecule has 3 aliphatic rings. The van der Waals surface area contributed by atoms with E-state index in [1.807, 2.05) is 32.1 Å². The number of hydrogen-bond donors (Lipinski definition) is 1. The monoisotopic (exact) mass is 251 g/mol. The number of fused-ring (bicyclic) bond motifs is 2. The molecular formula is C15H22FNO. The molecule has 0 saturated heterocycles. The third-order valence-electron chi connectivity index (χ3n) is 3.31. The maximum Gasteiger partial charge on any atom is 0.168 e. The summed E-state index contributed by atoms with van der Waals surface area (Å²) >= 11 is 0. The summed E-state index contributed by atoms with van der Waals surface area (Å²) in [6.45, 7) is 3.34. The lowest BCUT2D eigenvalue weighted by molar-refractivity contribution is -0.118. The highest BCUT2D eigenvalue weighted by Gasteiger charge is 2.32. The van der Waals surface area contributed by atoms with E-state index in [2.05, 4.69) is 5.32 Å². The van der Waals surface area contributed by atoms with Crippen molar-refractivity contribution in [1.29, 1.82) is 0 Å². The van der Waals surface area contributed by atoms with Crippen LogP contribution in [0.3, 0.4) is 0 Å². The molecule has 100 valence electrons. The lowest BCUT2D eigenvalue weighted by Gasteiger charge is -2.17. The van der Waals surface area contributed by atoms with Gasteiger partial charge in [0, 0.05) is 24.5 Å². The molecule has 3 heteroatoms. The van der Waals surface area contributed by atoms with E-state index < -0.39 is 6.67 Å². The number of alkyl halides is 1. The molecule has 1 N–H and O–H groups in total. The van der Waals surface area contributed by atoms with E-state index in [-0.39, 0.29) is 17.6 Å². The summed E-state index contributed by atoms with van der Waals surface area (Å²) < 4.78 is 13.0. The van der Waals surface area contributed by atoms with E-state index in [1.165, 1.54) is 0 Å². The van der Waals surface area contributed by atoms with Crippen LogP contribution in [-0.4, -0.2) is 19.5 Å². The quantitative estimate of drug-likeness (QED) is 0.781. The highest BCUT2D eigenvalue weighted by atomic mass is 19.1. The Morgan fingerprint density at radius 2 is 1.94 bits per heavy atom. The van der Waals surface area contributed by atoms with Crippen molar-refractivity contribution in [1.82, 2.24) is 5.32 Å². The third kappa shape index (κ3) is 2.89. The summed E-state index contributed by atoms with van der Waals surface area (Å²) in [4.78, 5) is 12.0. The zero-order chi connectivity index (χ0) is 13.5. The molecular weight excluding hydrogens is 229 g/mol. The van der Waals surface area contributed by atoms with Crippen LogP contribution in [0.4, 0.5) is 4.39 Å². The Balaban J connectivity index is 0.000000771. The van der Waals surface area contributed by atoms with Gasteiger partial charge in [-0.3, -0.25) is 4.79 Å². The Morgan fingerprint density at radius 3 is 2.44 bits per heavy atom. The van der Waals surface area contributed by atoms with Gasteiger partial charge in [0.2, 0.25) is 0 Å². The summed E-state index contributed by atoms with van der Waals surface area (Å²) in [5, 5.41) is 2.88. The zero-order valence-electron chi connectivity index (χ0n) is 11.4. The average Bonchev–Trinajstić information content (AvgIpc) is 2.64. The zero-order valence-corrected chi connectivity index (χ0v) is 11.4. The second-order valence-corrected chi connectivity index (χ2v) is 4.23. The fraction of sp³-hybridized carbons (Fsp3) is 0.533. The molecule has 0 amide bonds. The number of ketones is 1. The van der Waals surface area contributed by atoms with E-state index in [4.69, 9.17) is 0 Å². The van der Waals surface area contributed by atoms with Gasteiger partial charge in [0.05, 0.1) is 0 Å². The number of carbonyl (C=O) groups excluding carboxylic acids is 1. The lowest BCUT2D eigenvalue weighted by Crippen LogP contribution is -2.15. The van der Waals surface area contributed by atoms with Crippen LogP contribution in [-0.2, 0) is 4.79 Å². The molecule has 2 atom stereocenters. The molecule has 2 bridgehead atoms. The normalized spacial score (nSPS) is 26.1. The first-order valence-electron chi connectivity index (χ1n) is 6.63. The van der Waals surface area contributed by atoms with Crippen molar-refractivity contribution in [2.75, 3.05) is 13.7 Å². The Hall–Kier alpha value is -1.38. The molecule has 18 heavy (non-hydrogen) atoms. The number of rotatable bonds is 3. The fourth-order valence-electron chi connectivity index (χ4n) is 2.43. The van der Waals surface area contributed by atoms with Crippen molar-refractivity contribution in [2.45, 2.75) is 26.7 Å². The molecule has 0 aromatic carbocycles. The summed E-state index contributed by atoms with van der Waals surface area (Å²) in [5.74, 6) is 0.0787. The molecule has 0 aromatic heterocycles. The highest BCUT2D eigenvalue weighted by Crippen LogP contribution is 2.36. The lowest BCUT2D eigenvalue weighted by atomic mass is 9.87. The minimum Gasteiger partial charge on any atom is -0.394 e. The van der Waals surface area contributed by atoms with E-state index in [9.17, 15) is 9.18 Å². The Morgan fingerprint density at radius 1 is 1.33 bits per heavy atom. The molecule has 0 aliphatic heterocycles. The second-order valence-electron chi connectivity index (χ2n) is 4.23. The predicted octanol–water partition coefficient (Wildman–Crippen LogP) is 3.18. The standard InChI is InChI=1S/C13H16FNO.C2H6/c1-15-7-6-11-9-2-4-10(5-3-9)13(16)12(11)8-14;1-2/h2,4,6-7,9-10,15H,3,5,8H2,1H3;1-2H3/b7-6-;. The summed E-state index contributed by atoms with van der Waals surface area (Å²) in [7, 11) is 1.79. The highest BCUT2D eigenvalue weighted by molar-refractivity contribution is 6.00. The summed E-state index contributed by atoms with van der Waals surface area (Å²) in [5.41, 5.74) is 1.21. The van der Waals surface area contributed by atoms with Gasteiger partial charge in [0.1, 0.15) is 6.67 Å². The maximum atomic E-state index is 13.0. The Kier molecular flexibility index (Phi) is 5.83. The molecule has 0 saturated carbocycles. The van der Waals surface area contributed by atoms with Crippen LogP contribution in [0.25, 0.3) is 0 Å². The van der Waals surface area contributed by atoms with Gasteiger partial charge in [0.15, 0.2) is 5.78 Å². The van der Waals surface area contributed by atoms with E-state index in [0.717, 1.165) is 18.4 Å². The van der Waals surface area contributed by atoms with E-state index >= 15 is 0 Å². The van der Waals surface area contributed by atoms with Gasteiger partial charge in [-0.25, -0.2) is 4.39 Å². The second kappa shape index (κ2) is 7.14. The first kappa shape index (κ1) is 14.7. The average molecular weight is 251 g/mol. The van der Waals surface area contributed by atoms with Crippen molar-refractivity contribution >= 4 is 5.78 Å². The number of hydrogen-bond acceptors (Lipinski definition) is 2. The first-order valence-corrected chi connectivity index (χ1v) is 6.63. The van der Waals surface area contributed by atoms with Gasteiger partial charge in [-0.05, 0) is 30.7 Å². The minimum atomic E-state index is -0.656. The summed E-state index contributed by atoms with van der Waals surface area (Å²) in [6.07, 6.45) is 9.36. The van der Waals surface area contributed by atoms with Gasteiger partial charge < -0.3 is 5.32 Å². The van der Waals surface area contributed by atoms with Crippen LogP contribution >= 0.6 is 0 Å². The van der Waals surface area contributed by atoms with Gasteiger partial charge in [0.25, 0.3) is 0 Å². The number of halogens is 1. The molecule has 2 nitrogen and oxygen atoms in total. The van der Waals surface area contributed by atoms with Gasteiger partial charge in [-0.15, -0.1) is 0 Å². The van der Waals surface area contributed by atoms with Crippen LogP contribution in [0.1, 0.15) is 26.7 Å². The minimum absolute atomic E-state index is 0.0329. The molecule has 0 spiro atoms. The van der Waals surface area contributed by atoms with Gasteiger partial charge >= 0.3 is 0 Å². The number of carbonyl (C=O) groups is 1. The van der Waals surface area contributed by atoms with Crippen LogP contribution in [0.5, 0.6) is 0 Å².